The summed E-state index contributed by atoms with van der Waals surface area (Å²) in [7, 11) is 1.67. The molecule has 23 heavy (non-hydrogen) atoms. The number of rotatable bonds is 4. The van der Waals surface area contributed by atoms with Gasteiger partial charge in [-0.15, -0.1) is 0 Å². The van der Waals surface area contributed by atoms with E-state index in [1.807, 2.05) is 43.3 Å². The summed E-state index contributed by atoms with van der Waals surface area (Å²) in [5.74, 6) is 0.794. The van der Waals surface area contributed by atoms with Crippen LogP contribution in [0.5, 0.6) is 5.75 Å². The van der Waals surface area contributed by atoms with E-state index in [1.165, 1.54) is 5.56 Å². The largest absolute Gasteiger partial charge is 0.497 e. The fourth-order valence-corrected chi connectivity index (χ4v) is 2.63. The number of hydrogen-bond donors (Lipinski definition) is 1. The van der Waals surface area contributed by atoms with Gasteiger partial charge in [-0.05, 0) is 47.2 Å². The standard InChI is InChI=1S/C20H25NO2/c1-14-8-6-7-9-17(14)19(22)21-13-15-10-11-16(23-5)12-18(15)20(2,3)4/h6-12H,13H2,1-5H3,(H,21,22). The number of hydrogen-bond acceptors (Lipinski definition) is 2. The van der Waals surface area contributed by atoms with E-state index in [2.05, 4.69) is 32.2 Å². The number of ether oxygens (including phenoxy) is 1. The number of carbonyl (C=O) groups is 1. The van der Waals surface area contributed by atoms with E-state index in [4.69, 9.17) is 4.74 Å². The van der Waals surface area contributed by atoms with E-state index in [0.29, 0.717) is 6.54 Å². The first-order valence-electron chi connectivity index (χ1n) is 7.84. The first kappa shape index (κ1) is 17.1. The minimum Gasteiger partial charge on any atom is -0.497 e. The Labute approximate surface area is 138 Å². The van der Waals surface area contributed by atoms with Crippen molar-refractivity contribution in [1.82, 2.24) is 5.32 Å². The van der Waals surface area contributed by atoms with Crippen LogP contribution in [0.3, 0.4) is 0 Å². The maximum absolute atomic E-state index is 12.4. The molecular weight excluding hydrogens is 286 g/mol. The number of methoxy groups -OCH3 is 1. The molecule has 0 aliphatic carbocycles. The summed E-state index contributed by atoms with van der Waals surface area (Å²) in [6.45, 7) is 8.93. The summed E-state index contributed by atoms with van der Waals surface area (Å²) in [5, 5.41) is 3.03. The molecule has 0 aliphatic rings. The molecule has 2 rings (SSSR count). The highest BCUT2D eigenvalue weighted by molar-refractivity contribution is 5.95. The van der Waals surface area contributed by atoms with E-state index in [1.54, 1.807) is 7.11 Å². The average molecular weight is 311 g/mol. The Kier molecular flexibility index (Phi) is 5.09. The van der Waals surface area contributed by atoms with Gasteiger partial charge in [0.05, 0.1) is 7.11 Å². The van der Waals surface area contributed by atoms with Crippen LogP contribution in [0.15, 0.2) is 42.5 Å². The quantitative estimate of drug-likeness (QED) is 0.917. The number of aryl methyl sites for hydroxylation is 1. The summed E-state index contributed by atoms with van der Waals surface area (Å²) in [6.07, 6.45) is 0. The lowest BCUT2D eigenvalue weighted by atomic mass is 9.83. The molecule has 0 aliphatic heterocycles. The number of nitrogens with one attached hydrogen (secondary N) is 1. The molecule has 0 saturated heterocycles. The number of amides is 1. The second-order valence-electron chi connectivity index (χ2n) is 6.77. The monoisotopic (exact) mass is 311 g/mol. The molecule has 1 amide bonds. The smallest absolute Gasteiger partial charge is 0.251 e. The van der Waals surface area contributed by atoms with Crippen LogP contribution in [0.4, 0.5) is 0 Å². The maximum Gasteiger partial charge on any atom is 0.251 e. The van der Waals surface area contributed by atoms with Gasteiger partial charge in [0, 0.05) is 12.1 Å². The molecule has 2 aromatic carbocycles. The fraction of sp³-hybridized carbons (Fsp3) is 0.350. The molecule has 3 nitrogen and oxygen atoms in total. The van der Waals surface area contributed by atoms with Gasteiger partial charge < -0.3 is 10.1 Å². The molecule has 0 saturated carbocycles. The Balaban J connectivity index is 2.21. The van der Waals surface area contributed by atoms with Crippen LogP contribution in [0, 0.1) is 6.92 Å². The molecule has 0 fully saturated rings. The fourth-order valence-electron chi connectivity index (χ4n) is 2.63. The molecule has 1 N–H and O–H groups in total. The van der Waals surface area contributed by atoms with Crippen LogP contribution < -0.4 is 10.1 Å². The van der Waals surface area contributed by atoms with E-state index in [0.717, 1.165) is 22.4 Å². The van der Waals surface area contributed by atoms with Gasteiger partial charge in [0.2, 0.25) is 0 Å². The van der Waals surface area contributed by atoms with Crippen molar-refractivity contribution in [3.05, 3.63) is 64.7 Å². The van der Waals surface area contributed by atoms with Crippen molar-refractivity contribution >= 4 is 5.91 Å². The van der Waals surface area contributed by atoms with Crippen LogP contribution in [-0.4, -0.2) is 13.0 Å². The molecule has 0 unspecified atom stereocenters. The lowest BCUT2D eigenvalue weighted by Crippen LogP contribution is -2.25. The third-order valence-corrected chi connectivity index (χ3v) is 3.95. The van der Waals surface area contributed by atoms with Crippen molar-refractivity contribution in [2.45, 2.75) is 39.7 Å². The zero-order chi connectivity index (χ0) is 17.0. The predicted octanol–water partition coefficient (Wildman–Crippen LogP) is 4.23. The van der Waals surface area contributed by atoms with Gasteiger partial charge in [0.15, 0.2) is 0 Å². The third-order valence-electron chi connectivity index (χ3n) is 3.95. The van der Waals surface area contributed by atoms with Gasteiger partial charge in [0.25, 0.3) is 5.91 Å². The summed E-state index contributed by atoms with van der Waals surface area (Å²) in [4.78, 5) is 12.4. The van der Waals surface area contributed by atoms with Gasteiger partial charge in [-0.1, -0.05) is 45.0 Å². The minimum absolute atomic E-state index is 0.0166. The van der Waals surface area contributed by atoms with Crippen LogP contribution in [0.2, 0.25) is 0 Å². The molecule has 0 aromatic heterocycles. The SMILES string of the molecule is COc1ccc(CNC(=O)c2ccccc2C)c(C(C)(C)C)c1. The third kappa shape index (κ3) is 4.13. The van der Waals surface area contributed by atoms with Crippen molar-refractivity contribution in [2.75, 3.05) is 7.11 Å². The van der Waals surface area contributed by atoms with Crippen LogP contribution in [0.25, 0.3) is 0 Å². The Morgan fingerprint density at radius 1 is 1.13 bits per heavy atom. The molecule has 122 valence electrons. The highest BCUT2D eigenvalue weighted by Gasteiger charge is 2.19. The van der Waals surface area contributed by atoms with E-state index >= 15 is 0 Å². The van der Waals surface area contributed by atoms with Crippen molar-refractivity contribution in [2.24, 2.45) is 0 Å². The van der Waals surface area contributed by atoms with Crippen molar-refractivity contribution < 1.29 is 9.53 Å². The molecule has 3 heteroatoms. The van der Waals surface area contributed by atoms with E-state index < -0.39 is 0 Å². The predicted molar refractivity (Wildman–Crippen MR) is 94.0 cm³/mol. The highest BCUT2D eigenvalue weighted by Crippen LogP contribution is 2.29. The van der Waals surface area contributed by atoms with Crippen LogP contribution in [-0.2, 0) is 12.0 Å². The first-order chi connectivity index (χ1) is 10.8. The lowest BCUT2D eigenvalue weighted by molar-refractivity contribution is 0.0950. The van der Waals surface area contributed by atoms with E-state index in [9.17, 15) is 4.79 Å². The van der Waals surface area contributed by atoms with Gasteiger partial charge in [-0.3, -0.25) is 4.79 Å². The molecule has 0 spiro atoms. The van der Waals surface area contributed by atoms with Gasteiger partial charge in [0.1, 0.15) is 5.75 Å². The van der Waals surface area contributed by atoms with E-state index in [-0.39, 0.29) is 11.3 Å². The molecule has 0 atom stereocenters. The topological polar surface area (TPSA) is 38.3 Å². The first-order valence-corrected chi connectivity index (χ1v) is 7.84. The normalized spacial score (nSPS) is 11.2. The van der Waals surface area contributed by atoms with Crippen molar-refractivity contribution in [3.8, 4) is 5.75 Å². The average Bonchev–Trinajstić information content (AvgIpc) is 2.52. The number of carbonyl (C=O) groups excluding carboxylic acids is 1. The summed E-state index contributed by atoms with van der Waals surface area (Å²) in [6, 6.07) is 13.6. The lowest BCUT2D eigenvalue weighted by Gasteiger charge is -2.24. The van der Waals surface area contributed by atoms with Crippen LogP contribution in [0.1, 0.15) is 47.8 Å². The number of benzene rings is 2. The summed E-state index contributed by atoms with van der Waals surface area (Å²) >= 11 is 0. The van der Waals surface area contributed by atoms with Crippen molar-refractivity contribution in [3.63, 3.8) is 0 Å². The summed E-state index contributed by atoms with van der Waals surface area (Å²) < 4.78 is 5.33. The molecule has 0 radical (unpaired) electrons. The van der Waals surface area contributed by atoms with Gasteiger partial charge >= 0.3 is 0 Å². The molecular formula is C20H25NO2. The molecule has 2 aromatic rings. The maximum atomic E-state index is 12.4. The van der Waals surface area contributed by atoms with Crippen LogP contribution >= 0.6 is 0 Å². The zero-order valence-corrected chi connectivity index (χ0v) is 14.6. The Morgan fingerprint density at radius 3 is 2.43 bits per heavy atom. The molecule has 0 bridgehead atoms. The summed E-state index contributed by atoms with van der Waals surface area (Å²) in [5.41, 5.74) is 3.98. The Morgan fingerprint density at radius 2 is 1.83 bits per heavy atom. The Bertz CT molecular complexity index is 699. The van der Waals surface area contributed by atoms with Gasteiger partial charge in [-0.25, -0.2) is 0 Å². The Hall–Kier alpha value is -2.29. The second-order valence-corrected chi connectivity index (χ2v) is 6.77. The molecule has 0 heterocycles. The minimum atomic E-state index is -0.0428. The van der Waals surface area contributed by atoms with Gasteiger partial charge in [-0.2, -0.15) is 0 Å². The second kappa shape index (κ2) is 6.86. The zero-order valence-electron chi connectivity index (χ0n) is 14.6. The van der Waals surface area contributed by atoms with Crippen molar-refractivity contribution in [1.29, 1.82) is 0 Å². The highest BCUT2D eigenvalue weighted by atomic mass is 16.5.